The van der Waals surface area contributed by atoms with Gasteiger partial charge in [-0.05, 0) is 36.4 Å². The number of benzene rings is 2. The van der Waals surface area contributed by atoms with E-state index in [0.29, 0.717) is 11.5 Å². The fourth-order valence-electron chi connectivity index (χ4n) is 3.60. The van der Waals surface area contributed by atoms with E-state index in [2.05, 4.69) is 5.32 Å². The highest BCUT2D eigenvalue weighted by atomic mass is 35.5. The largest absolute Gasteiger partial charge is 0.454 e. The topological polar surface area (TPSA) is 131 Å². The first kappa shape index (κ1) is 23.6. The fraction of sp³-hybridized carbons (Fsp3) is 0.300. The van der Waals surface area contributed by atoms with Crippen molar-refractivity contribution in [3.63, 3.8) is 0 Å². The van der Waals surface area contributed by atoms with Crippen LogP contribution in [0, 0.1) is 0 Å². The molecule has 176 valence electrons. The molecule has 0 spiro atoms. The van der Waals surface area contributed by atoms with Gasteiger partial charge >= 0.3 is 0 Å². The molecular formula is C20H20Cl2N4O6S. The van der Waals surface area contributed by atoms with Gasteiger partial charge in [0.2, 0.25) is 16.8 Å². The number of nitrogens with one attached hydrogen (secondary N) is 1. The molecule has 0 aliphatic carbocycles. The third-order valence-corrected chi connectivity index (χ3v) is 7.77. The molecule has 2 amide bonds. The first-order chi connectivity index (χ1) is 15.7. The molecule has 10 nitrogen and oxygen atoms in total. The summed E-state index contributed by atoms with van der Waals surface area (Å²) in [6.45, 7) is 0.195. The smallest absolute Gasteiger partial charge is 0.259 e. The Morgan fingerprint density at radius 1 is 1.06 bits per heavy atom. The normalized spacial score (nSPS) is 17.9. The van der Waals surface area contributed by atoms with Gasteiger partial charge in [-0.2, -0.15) is 4.31 Å². The van der Waals surface area contributed by atoms with E-state index in [1.54, 1.807) is 6.07 Å². The van der Waals surface area contributed by atoms with Crippen LogP contribution >= 0.6 is 23.2 Å². The quantitative estimate of drug-likeness (QED) is 0.593. The number of fused-ring (bicyclic) bond motifs is 1. The molecule has 1 fully saturated rings. The second-order valence-corrected chi connectivity index (χ2v) is 9.92. The number of carbonyl (C=O) groups excluding carboxylic acids is 2. The van der Waals surface area contributed by atoms with E-state index in [0.717, 1.165) is 4.31 Å². The molecular weight excluding hydrogens is 495 g/mol. The van der Waals surface area contributed by atoms with Crippen molar-refractivity contribution >= 4 is 45.0 Å². The Hall–Kier alpha value is -2.57. The molecule has 1 unspecified atom stereocenters. The van der Waals surface area contributed by atoms with Gasteiger partial charge < -0.3 is 25.4 Å². The van der Waals surface area contributed by atoms with Gasteiger partial charge in [-0.1, -0.05) is 23.2 Å². The molecule has 3 N–H and O–H groups in total. The maximum atomic E-state index is 13.4. The van der Waals surface area contributed by atoms with E-state index in [1.807, 2.05) is 0 Å². The van der Waals surface area contributed by atoms with E-state index in [9.17, 15) is 18.0 Å². The van der Waals surface area contributed by atoms with Crippen molar-refractivity contribution in [2.45, 2.75) is 11.1 Å². The maximum Gasteiger partial charge on any atom is 0.259 e. The van der Waals surface area contributed by atoms with Gasteiger partial charge in [0.15, 0.2) is 17.7 Å². The predicted molar refractivity (Wildman–Crippen MR) is 120 cm³/mol. The van der Waals surface area contributed by atoms with Gasteiger partial charge in [0.05, 0.1) is 14.9 Å². The zero-order valence-corrected chi connectivity index (χ0v) is 19.5. The lowest BCUT2D eigenvalue weighted by atomic mass is 10.1. The first-order valence-corrected chi connectivity index (χ1v) is 12.1. The molecule has 0 aromatic heterocycles. The molecule has 0 radical (unpaired) electrons. The van der Waals surface area contributed by atoms with Gasteiger partial charge in [-0.15, -0.1) is 0 Å². The lowest BCUT2D eigenvalue weighted by Crippen LogP contribution is -2.54. The second-order valence-electron chi connectivity index (χ2n) is 7.21. The number of hydrogen-bond donors (Lipinski definition) is 2. The second kappa shape index (κ2) is 9.35. The number of halogens is 2. The summed E-state index contributed by atoms with van der Waals surface area (Å²) < 4.78 is 38.3. The maximum absolute atomic E-state index is 13.4. The van der Waals surface area contributed by atoms with Crippen LogP contribution in [-0.4, -0.2) is 68.6 Å². The Morgan fingerprint density at radius 3 is 2.55 bits per heavy atom. The van der Waals surface area contributed by atoms with Crippen LogP contribution in [0.3, 0.4) is 0 Å². The van der Waals surface area contributed by atoms with Gasteiger partial charge in [0, 0.05) is 31.7 Å². The summed E-state index contributed by atoms with van der Waals surface area (Å²) in [4.78, 5) is 27.3. The number of carbonyl (C=O) groups is 2. The van der Waals surface area contributed by atoms with E-state index < -0.39 is 28.0 Å². The molecule has 2 aliphatic rings. The highest BCUT2D eigenvalue weighted by molar-refractivity contribution is 7.89. The van der Waals surface area contributed by atoms with Crippen LogP contribution in [0.4, 0.5) is 0 Å². The van der Waals surface area contributed by atoms with E-state index in [4.69, 9.17) is 38.4 Å². The lowest BCUT2D eigenvalue weighted by Gasteiger charge is -2.29. The third-order valence-electron chi connectivity index (χ3n) is 5.19. The van der Waals surface area contributed by atoms with Crippen molar-refractivity contribution in [3.8, 4) is 11.5 Å². The van der Waals surface area contributed by atoms with Crippen LogP contribution in [0.25, 0.3) is 0 Å². The van der Waals surface area contributed by atoms with Crippen LogP contribution in [0.1, 0.15) is 10.4 Å². The Morgan fingerprint density at radius 2 is 1.82 bits per heavy atom. The molecule has 0 saturated carbocycles. The lowest BCUT2D eigenvalue weighted by molar-refractivity contribution is -0.127. The number of nitrogens with zero attached hydrogens (tertiary/aromatic N) is 2. The first-order valence-electron chi connectivity index (χ1n) is 9.89. The third kappa shape index (κ3) is 4.46. The summed E-state index contributed by atoms with van der Waals surface area (Å²) >= 11 is 11.9. The molecule has 2 aromatic carbocycles. The van der Waals surface area contributed by atoms with Crippen molar-refractivity contribution in [1.82, 2.24) is 14.5 Å². The van der Waals surface area contributed by atoms with E-state index in [1.165, 1.54) is 35.2 Å². The van der Waals surface area contributed by atoms with Crippen LogP contribution in [-0.2, 0) is 14.8 Å². The Balaban J connectivity index is 1.68. The zero-order valence-electron chi connectivity index (χ0n) is 17.2. The number of nitrogens with two attached hydrogens (primary N) is 1. The molecule has 2 heterocycles. The fourth-order valence-corrected chi connectivity index (χ4v) is 5.53. The van der Waals surface area contributed by atoms with Crippen molar-refractivity contribution in [3.05, 3.63) is 52.0 Å². The summed E-state index contributed by atoms with van der Waals surface area (Å²) in [5, 5.41) is 2.81. The highest BCUT2D eigenvalue weighted by Crippen LogP contribution is 2.34. The van der Waals surface area contributed by atoms with Crippen LogP contribution in [0.5, 0.6) is 11.5 Å². The van der Waals surface area contributed by atoms with Crippen molar-refractivity contribution in [2.24, 2.45) is 5.73 Å². The van der Waals surface area contributed by atoms with Crippen molar-refractivity contribution < 1.29 is 27.5 Å². The minimum Gasteiger partial charge on any atom is -0.454 e. The summed E-state index contributed by atoms with van der Waals surface area (Å²) in [5.74, 6) is -0.317. The highest BCUT2D eigenvalue weighted by Gasteiger charge is 2.46. The van der Waals surface area contributed by atoms with E-state index in [-0.39, 0.29) is 53.5 Å². The summed E-state index contributed by atoms with van der Waals surface area (Å²) in [7, 11) is -4.20. The molecule has 2 aliphatic heterocycles. The number of amides is 2. The number of sulfonamides is 1. The van der Waals surface area contributed by atoms with Crippen molar-refractivity contribution in [1.29, 1.82) is 0 Å². The Labute approximate surface area is 200 Å². The summed E-state index contributed by atoms with van der Waals surface area (Å²) in [6.07, 6.45) is -1.42. The SMILES string of the molecule is NCCNC(=O)C1N(C(=O)c2ccc3c(c2)OCO3)CCN1S(=O)(=O)c1ccc(Cl)c(Cl)c1. The molecule has 4 rings (SSSR count). The van der Waals surface area contributed by atoms with Crippen LogP contribution < -0.4 is 20.5 Å². The van der Waals surface area contributed by atoms with E-state index >= 15 is 0 Å². The molecule has 0 bridgehead atoms. The summed E-state index contributed by atoms with van der Waals surface area (Å²) in [5.41, 5.74) is 5.70. The van der Waals surface area contributed by atoms with Gasteiger partial charge in [-0.3, -0.25) is 9.59 Å². The molecule has 1 atom stereocenters. The minimum atomic E-state index is -4.20. The van der Waals surface area contributed by atoms with Crippen LogP contribution in [0.2, 0.25) is 10.0 Å². The number of ether oxygens (including phenoxy) is 2. The Kier molecular flexibility index (Phi) is 6.68. The average Bonchev–Trinajstić information content (AvgIpc) is 3.45. The monoisotopic (exact) mass is 514 g/mol. The summed E-state index contributed by atoms with van der Waals surface area (Å²) in [6, 6.07) is 8.46. The average molecular weight is 515 g/mol. The molecule has 33 heavy (non-hydrogen) atoms. The van der Waals surface area contributed by atoms with Gasteiger partial charge in [0.25, 0.3) is 11.8 Å². The standard InChI is InChI=1S/C20H20Cl2N4O6S/c21-14-3-2-13(10-15(14)22)33(29,30)26-8-7-25(19(26)18(27)24-6-5-23)20(28)12-1-4-16-17(9-12)32-11-31-16/h1-4,9-10,19H,5-8,11,23H2,(H,24,27). The number of hydrogen-bond acceptors (Lipinski definition) is 7. The Bertz CT molecular complexity index is 1210. The van der Waals surface area contributed by atoms with Gasteiger partial charge in [0.1, 0.15) is 0 Å². The van der Waals surface area contributed by atoms with Crippen LogP contribution in [0.15, 0.2) is 41.3 Å². The predicted octanol–water partition coefficient (Wildman–Crippen LogP) is 1.27. The van der Waals surface area contributed by atoms with Gasteiger partial charge in [-0.25, -0.2) is 8.42 Å². The molecule has 2 aromatic rings. The zero-order chi connectivity index (χ0) is 23.8. The minimum absolute atomic E-state index is 0.00542. The number of rotatable bonds is 6. The molecule has 13 heteroatoms. The molecule has 1 saturated heterocycles. The van der Waals surface area contributed by atoms with Crippen molar-refractivity contribution in [2.75, 3.05) is 33.0 Å².